The van der Waals surface area contributed by atoms with Gasteiger partial charge in [-0.2, -0.15) is 4.98 Å². The summed E-state index contributed by atoms with van der Waals surface area (Å²) in [7, 11) is 0. The molecule has 3 aromatic rings. The van der Waals surface area contributed by atoms with E-state index >= 15 is 0 Å². The maximum atomic E-state index is 10.9. The topological polar surface area (TPSA) is 85.9 Å². The molecule has 0 aliphatic carbocycles. The number of allylic oxidation sites excluding steroid dienone is 1. The summed E-state index contributed by atoms with van der Waals surface area (Å²) in [6, 6.07) is 16.4. The Morgan fingerprint density at radius 1 is 1.15 bits per heavy atom. The molecule has 1 unspecified atom stereocenters. The zero-order chi connectivity index (χ0) is 18.1. The molecule has 2 aromatic carbocycles. The van der Waals surface area contributed by atoms with Crippen molar-refractivity contribution in [3.05, 3.63) is 81.9 Å². The Balaban J connectivity index is 1.78. The SMILES string of the molecule is CSc1nc2n(n1)C(c1ccccc1)C=C(c1ccc([N+](=O)[O-])cc1)N2. The van der Waals surface area contributed by atoms with Crippen LogP contribution in [0.25, 0.3) is 5.70 Å². The fourth-order valence-electron chi connectivity index (χ4n) is 2.88. The smallest absolute Gasteiger partial charge is 0.269 e. The maximum Gasteiger partial charge on any atom is 0.269 e. The molecule has 1 aromatic heterocycles. The Labute approximate surface area is 153 Å². The highest BCUT2D eigenvalue weighted by atomic mass is 32.2. The molecular formula is C18H15N5O2S. The van der Waals surface area contributed by atoms with Crippen LogP contribution in [0.1, 0.15) is 17.2 Å². The van der Waals surface area contributed by atoms with Crippen LogP contribution in [0, 0.1) is 10.1 Å². The summed E-state index contributed by atoms with van der Waals surface area (Å²) in [5, 5.41) is 19.4. The number of hydrogen-bond donors (Lipinski definition) is 1. The average molecular weight is 365 g/mol. The van der Waals surface area contributed by atoms with Crippen LogP contribution < -0.4 is 5.32 Å². The summed E-state index contributed by atoms with van der Waals surface area (Å²) >= 11 is 1.48. The van der Waals surface area contributed by atoms with Crippen LogP contribution in [-0.4, -0.2) is 25.9 Å². The molecular weight excluding hydrogens is 350 g/mol. The lowest BCUT2D eigenvalue weighted by Gasteiger charge is -2.24. The van der Waals surface area contributed by atoms with E-state index < -0.39 is 4.92 Å². The molecule has 0 bridgehead atoms. The average Bonchev–Trinajstić information content (AvgIpc) is 3.11. The first-order valence-electron chi connectivity index (χ1n) is 7.95. The molecule has 1 aliphatic rings. The van der Waals surface area contributed by atoms with E-state index in [0.29, 0.717) is 11.1 Å². The highest BCUT2D eigenvalue weighted by Crippen LogP contribution is 2.33. The van der Waals surface area contributed by atoms with Crippen molar-refractivity contribution < 1.29 is 4.92 Å². The van der Waals surface area contributed by atoms with Crippen molar-refractivity contribution in [2.45, 2.75) is 11.2 Å². The van der Waals surface area contributed by atoms with Crippen LogP contribution in [0.15, 0.2) is 65.8 Å². The molecule has 1 aliphatic heterocycles. The second-order valence-electron chi connectivity index (χ2n) is 5.73. The number of hydrogen-bond acceptors (Lipinski definition) is 6. The van der Waals surface area contributed by atoms with E-state index in [1.807, 2.05) is 41.3 Å². The largest absolute Gasteiger partial charge is 0.324 e. The highest BCUT2D eigenvalue weighted by molar-refractivity contribution is 7.98. The molecule has 0 saturated heterocycles. The van der Waals surface area contributed by atoms with Gasteiger partial charge in [-0.15, -0.1) is 5.10 Å². The molecule has 130 valence electrons. The first-order chi connectivity index (χ1) is 12.7. The van der Waals surface area contributed by atoms with Gasteiger partial charge >= 0.3 is 0 Å². The normalized spacial score (nSPS) is 15.7. The number of rotatable bonds is 4. The van der Waals surface area contributed by atoms with E-state index in [-0.39, 0.29) is 11.7 Å². The molecule has 8 heteroatoms. The van der Waals surface area contributed by atoms with Gasteiger partial charge in [-0.25, -0.2) is 4.68 Å². The van der Waals surface area contributed by atoms with Crippen molar-refractivity contribution >= 4 is 29.1 Å². The highest BCUT2D eigenvalue weighted by Gasteiger charge is 2.25. The number of thioether (sulfide) groups is 1. The van der Waals surface area contributed by atoms with Gasteiger partial charge in [-0.1, -0.05) is 42.1 Å². The number of aromatic nitrogens is 3. The standard InChI is InChI=1S/C18H15N5O2S/c1-26-18-20-17-19-15(12-7-9-14(10-8-12)23(24)25)11-16(22(17)21-18)13-5-3-2-4-6-13/h2-11,16H,1H3,(H,19,20,21). The van der Waals surface area contributed by atoms with Gasteiger partial charge in [0.25, 0.3) is 5.69 Å². The first-order valence-corrected chi connectivity index (χ1v) is 9.17. The molecule has 7 nitrogen and oxygen atoms in total. The molecule has 1 N–H and O–H groups in total. The van der Waals surface area contributed by atoms with Crippen molar-refractivity contribution in [1.82, 2.24) is 14.8 Å². The Kier molecular flexibility index (Phi) is 4.18. The molecule has 0 radical (unpaired) electrons. The van der Waals surface area contributed by atoms with Gasteiger partial charge in [0.2, 0.25) is 11.1 Å². The minimum Gasteiger partial charge on any atom is -0.324 e. The van der Waals surface area contributed by atoms with Crippen molar-refractivity contribution in [2.75, 3.05) is 11.6 Å². The Hall–Kier alpha value is -3.13. The predicted molar refractivity (Wildman–Crippen MR) is 101 cm³/mol. The number of nitrogens with one attached hydrogen (secondary N) is 1. The predicted octanol–water partition coefficient (Wildman–Crippen LogP) is 3.96. The van der Waals surface area contributed by atoms with Gasteiger partial charge < -0.3 is 5.32 Å². The van der Waals surface area contributed by atoms with Gasteiger partial charge in [0.05, 0.1) is 4.92 Å². The van der Waals surface area contributed by atoms with E-state index in [1.54, 1.807) is 12.1 Å². The summed E-state index contributed by atoms with van der Waals surface area (Å²) in [6.07, 6.45) is 3.99. The summed E-state index contributed by atoms with van der Waals surface area (Å²) < 4.78 is 1.86. The molecule has 26 heavy (non-hydrogen) atoms. The third-order valence-electron chi connectivity index (χ3n) is 4.16. The van der Waals surface area contributed by atoms with Crippen LogP contribution in [0.3, 0.4) is 0 Å². The van der Waals surface area contributed by atoms with Crippen molar-refractivity contribution in [2.24, 2.45) is 0 Å². The molecule has 0 amide bonds. The lowest BCUT2D eigenvalue weighted by atomic mass is 10.0. The second kappa shape index (κ2) is 6.64. The third kappa shape index (κ3) is 2.95. The number of anilines is 1. The van der Waals surface area contributed by atoms with Crippen LogP contribution >= 0.6 is 11.8 Å². The van der Waals surface area contributed by atoms with Gasteiger partial charge in [-0.3, -0.25) is 10.1 Å². The minimum atomic E-state index is -0.402. The van der Waals surface area contributed by atoms with Gasteiger partial charge in [0.15, 0.2) is 0 Å². The van der Waals surface area contributed by atoms with Crippen LogP contribution in [0.2, 0.25) is 0 Å². The Morgan fingerprint density at radius 3 is 2.54 bits per heavy atom. The third-order valence-corrected chi connectivity index (χ3v) is 4.70. The number of nitrogens with zero attached hydrogens (tertiary/aromatic N) is 4. The van der Waals surface area contributed by atoms with Crippen LogP contribution in [0.4, 0.5) is 11.6 Å². The number of nitro benzene ring substituents is 1. The van der Waals surface area contributed by atoms with Crippen molar-refractivity contribution in [3.8, 4) is 0 Å². The first kappa shape index (κ1) is 16.3. The zero-order valence-electron chi connectivity index (χ0n) is 13.9. The number of nitro groups is 1. The fourth-order valence-corrected chi connectivity index (χ4v) is 3.23. The summed E-state index contributed by atoms with van der Waals surface area (Å²) in [5.74, 6) is 0.652. The van der Waals surface area contributed by atoms with Crippen molar-refractivity contribution in [3.63, 3.8) is 0 Å². The maximum absolute atomic E-state index is 10.9. The lowest BCUT2D eigenvalue weighted by molar-refractivity contribution is -0.384. The monoisotopic (exact) mass is 365 g/mol. The van der Waals surface area contributed by atoms with Gasteiger partial charge in [0.1, 0.15) is 6.04 Å². The van der Waals surface area contributed by atoms with Crippen LogP contribution in [0.5, 0.6) is 0 Å². The summed E-state index contributed by atoms with van der Waals surface area (Å²) in [6.45, 7) is 0. The second-order valence-corrected chi connectivity index (χ2v) is 6.50. The number of benzene rings is 2. The van der Waals surface area contributed by atoms with Crippen LogP contribution in [-0.2, 0) is 0 Å². The van der Waals surface area contributed by atoms with E-state index in [9.17, 15) is 10.1 Å². The summed E-state index contributed by atoms with van der Waals surface area (Å²) in [4.78, 5) is 15.0. The summed E-state index contributed by atoms with van der Waals surface area (Å²) in [5.41, 5.74) is 2.86. The Morgan fingerprint density at radius 2 is 1.88 bits per heavy atom. The van der Waals surface area contributed by atoms with Crippen molar-refractivity contribution in [1.29, 1.82) is 0 Å². The zero-order valence-corrected chi connectivity index (χ0v) is 14.7. The fraction of sp³-hybridized carbons (Fsp3) is 0.111. The van der Waals surface area contributed by atoms with E-state index in [2.05, 4.69) is 21.5 Å². The molecule has 0 spiro atoms. The molecule has 2 heterocycles. The van der Waals surface area contributed by atoms with E-state index in [0.717, 1.165) is 16.8 Å². The number of non-ortho nitro benzene ring substituents is 1. The van der Waals surface area contributed by atoms with E-state index in [4.69, 9.17) is 0 Å². The Bertz CT molecular complexity index is 983. The minimum absolute atomic E-state index is 0.0672. The van der Waals surface area contributed by atoms with Gasteiger partial charge in [0, 0.05) is 17.8 Å². The lowest BCUT2D eigenvalue weighted by Crippen LogP contribution is -2.20. The quantitative estimate of drug-likeness (QED) is 0.428. The van der Waals surface area contributed by atoms with E-state index in [1.165, 1.54) is 23.9 Å². The molecule has 1 atom stereocenters. The van der Waals surface area contributed by atoms with Gasteiger partial charge in [-0.05, 0) is 35.6 Å². The molecule has 4 rings (SSSR count). The molecule has 0 fully saturated rings. The molecule has 0 saturated carbocycles. The number of fused-ring (bicyclic) bond motifs is 1.